The van der Waals surface area contributed by atoms with E-state index in [1.807, 2.05) is 18.2 Å². The largest absolute Gasteiger partial charge is 0.480 e. The SMILES string of the molecule is CN(CC(=O)O)CC1CN(C(=O)NC(Cc2ccccc2)C2CC2)CCO1. The van der Waals surface area contributed by atoms with Crippen LogP contribution in [-0.4, -0.2) is 78.9 Å². The fourth-order valence-electron chi connectivity index (χ4n) is 3.61. The number of carboxylic acid groups (broad SMARTS) is 1. The molecule has 3 rings (SSSR count). The number of urea groups is 1. The maximum absolute atomic E-state index is 12.8. The van der Waals surface area contributed by atoms with E-state index < -0.39 is 5.97 Å². The van der Waals surface area contributed by atoms with Crippen LogP contribution in [0.5, 0.6) is 0 Å². The minimum absolute atomic E-state index is 0.0348. The molecule has 7 heteroatoms. The van der Waals surface area contributed by atoms with Gasteiger partial charge < -0.3 is 20.1 Å². The molecule has 0 spiro atoms. The molecule has 1 aliphatic carbocycles. The molecule has 27 heavy (non-hydrogen) atoms. The van der Waals surface area contributed by atoms with Gasteiger partial charge >= 0.3 is 12.0 Å². The van der Waals surface area contributed by atoms with Gasteiger partial charge in [-0.25, -0.2) is 4.79 Å². The Bertz CT molecular complexity index is 635. The zero-order chi connectivity index (χ0) is 19.2. The molecule has 1 saturated carbocycles. The third-order valence-electron chi connectivity index (χ3n) is 5.14. The number of morpholine rings is 1. The number of nitrogens with zero attached hydrogens (tertiary/aromatic N) is 2. The second kappa shape index (κ2) is 9.19. The molecule has 1 aromatic carbocycles. The predicted octanol–water partition coefficient (Wildman–Crippen LogP) is 1.43. The van der Waals surface area contributed by atoms with Gasteiger partial charge in [0.1, 0.15) is 0 Å². The fraction of sp³-hybridized carbons (Fsp3) is 0.600. The highest BCUT2D eigenvalue weighted by Crippen LogP contribution is 2.34. The Kier molecular flexibility index (Phi) is 6.68. The number of nitrogens with one attached hydrogen (secondary N) is 1. The molecule has 7 nitrogen and oxygen atoms in total. The van der Waals surface area contributed by atoms with Crippen molar-refractivity contribution in [3.63, 3.8) is 0 Å². The molecule has 2 atom stereocenters. The number of hydrogen-bond donors (Lipinski definition) is 2. The van der Waals surface area contributed by atoms with E-state index >= 15 is 0 Å². The number of rotatable bonds is 8. The Labute approximate surface area is 160 Å². The third-order valence-corrected chi connectivity index (χ3v) is 5.14. The summed E-state index contributed by atoms with van der Waals surface area (Å²) in [5.41, 5.74) is 1.24. The van der Waals surface area contributed by atoms with Gasteiger partial charge in [-0.05, 0) is 37.8 Å². The van der Waals surface area contributed by atoms with E-state index in [9.17, 15) is 9.59 Å². The lowest BCUT2D eigenvalue weighted by atomic mass is 10.0. The van der Waals surface area contributed by atoms with E-state index in [0.29, 0.717) is 32.2 Å². The van der Waals surface area contributed by atoms with Crippen LogP contribution in [0.15, 0.2) is 30.3 Å². The van der Waals surface area contributed by atoms with Crippen LogP contribution in [0.1, 0.15) is 18.4 Å². The highest BCUT2D eigenvalue weighted by atomic mass is 16.5. The maximum Gasteiger partial charge on any atom is 0.317 e. The molecule has 1 saturated heterocycles. The van der Waals surface area contributed by atoms with Gasteiger partial charge in [-0.2, -0.15) is 0 Å². The zero-order valence-corrected chi connectivity index (χ0v) is 15.8. The van der Waals surface area contributed by atoms with Crippen LogP contribution in [0.2, 0.25) is 0 Å². The number of ether oxygens (including phenoxy) is 1. The summed E-state index contributed by atoms with van der Waals surface area (Å²) >= 11 is 0. The lowest BCUT2D eigenvalue weighted by molar-refractivity contribution is -0.138. The van der Waals surface area contributed by atoms with Gasteiger partial charge in [0.2, 0.25) is 0 Å². The topological polar surface area (TPSA) is 82.1 Å². The van der Waals surface area contributed by atoms with E-state index in [4.69, 9.17) is 9.84 Å². The first kappa shape index (κ1) is 19.6. The van der Waals surface area contributed by atoms with Crippen molar-refractivity contribution < 1.29 is 19.4 Å². The molecule has 1 aliphatic heterocycles. The molecule has 2 unspecified atom stereocenters. The molecule has 1 heterocycles. The van der Waals surface area contributed by atoms with E-state index in [1.165, 1.54) is 18.4 Å². The minimum atomic E-state index is -0.865. The average Bonchev–Trinajstić information content (AvgIpc) is 3.46. The van der Waals surface area contributed by atoms with E-state index in [1.54, 1.807) is 16.8 Å². The Morgan fingerprint density at radius 1 is 1.33 bits per heavy atom. The maximum atomic E-state index is 12.8. The average molecular weight is 375 g/mol. The van der Waals surface area contributed by atoms with E-state index in [0.717, 1.165) is 6.42 Å². The Morgan fingerprint density at radius 3 is 2.74 bits per heavy atom. The number of amides is 2. The monoisotopic (exact) mass is 375 g/mol. The summed E-state index contributed by atoms with van der Waals surface area (Å²) in [5.74, 6) is -0.302. The molecular weight excluding hydrogens is 346 g/mol. The van der Waals surface area contributed by atoms with Gasteiger partial charge in [-0.15, -0.1) is 0 Å². The number of benzene rings is 1. The zero-order valence-electron chi connectivity index (χ0n) is 15.8. The number of carbonyl (C=O) groups is 2. The molecule has 0 bridgehead atoms. The van der Waals surface area contributed by atoms with Gasteiger partial charge in [-0.3, -0.25) is 9.69 Å². The number of aliphatic carboxylic acids is 1. The van der Waals surface area contributed by atoms with Crippen molar-refractivity contribution in [2.45, 2.75) is 31.4 Å². The number of likely N-dealkylation sites (N-methyl/N-ethyl adjacent to an activating group) is 1. The smallest absolute Gasteiger partial charge is 0.317 e. The first-order chi connectivity index (χ1) is 13.0. The number of hydrogen-bond acceptors (Lipinski definition) is 4. The summed E-state index contributed by atoms with van der Waals surface area (Å²) < 4.78 is 5.71. The van der Waals surface area contributed by atoms with Crippen molar-refractivity contribution in [2.24, 2.45) is 5.92 Å². The van der Waals surface area contributed by atoms with Crippen molar-refractivity contribution >= 4 is 12.0 Å². The Hall–Kier alpha value is -2.12. The van der Waals surface area contributed by atoms with E-state index in [2.05, 4.69) is 17.4 Å². The minimum Gasteiger partial charge on any atom is -0.480 e. The summed E-state index contributed by atoms with van der Waals surface area (Å²) in [4.78, 5) is 27.1. The Balaban J connectivity index is 1.52. The summed E-state index contributed by atoms with van der Waals surface area (Å²) in [6.45, 7) is 1.98. The van der Waals surface area contributed by atoms with E-state index in [-0.39, 0.29) is 24.7 Å². The van der Waals surface area contributed by atoms with Crippen LogP contribution in [-0.2, 0) is 16.0 Å². The second-order valence-corrected chi connectivity index (χ2v) is 7.61. The molecule has 0 aromatic heterocycles. The van der Waals surface area contributed by atoms with Gasteiger partial charge in [0.25, 0.3) is 0 Å². The molecule has 2 fully saturated rings. The third kappa shape index (κ3) is 6.22. The molecule has 2 aliphatic rings. The summed E-state index contributed by atoms with van der Waals surface area (Å²) in [7, 11) is 1.75. The van der Waals surface area contributed by atoms with Crippen LogP contribution < -0.4 is 5.32 Å². The molecule has 148 valence electrons. The quantitative estimate of drug-likeness (QED) is 0.718. The lowest BCUT2D eigenvalue weighted by Crippen LogP contribution is -2.54. The van der Waals surface area contributed by atoms with Crippen LogP contribution in [0.25, 0.3) is 0 Å². The van der Waals surface area contributed by atoms with Gasteiger partial charge in [-0.1, -0.05) is 30.3 Å². The van der Waals surface area contributed by atoms with Gasteiger partial charge in [0, 0.05) is 25.7 Å². The summed E-state index contributed by atoms with van der Waals surface area (Å²) in [6, 6.07) is 10.4. The molecule has 2 N–H and O–H groups in total. The number of carboxylic acids is 1. The van der Waals surface area contributed by atoms with Crippen molar-refractivity contribution in [3.05, 3.63) is 35.9 Å². The second-order valence-electron chi connectivity index (χ2n) is 7.61. The normalized spacial score (nSPS) is 21.1. The first-order valence-electron chi connectivity index (χ1n) is 9.62. The highest BCUT2D eigenvalue weighted by Gasteiger charge is 2.34. The standard InChI is InChI=1S/C20H29N3O4/c1-22(14-19(24)25)12-17-13-23(9-10-27-17)20(26)21-18(16-7-8-16)11-15-5-3-2-4-6-15/h2-6,16-18H,7-14H2,1H3,(H,21,26)(H,24,25). The van der Waals surface area contributed by atoms with Gasteiger partial charge in [0.05, 0.1) is 19.3 Å². The van der Waals surface area contributed by atoms with Crippen molar-refractivity contribution in [2.75, 3.05) is 39.8 Å². The highest BCUT2D eigenvalue weighted by molar-refractivity contribution is 5.74. The van der Waals surface area contributed by atoms with Gasteiger partial charge in [0.15, 0.2) is 0 Å². The van der Waals surface area contributed by atoms with Crippen molar-refractivity contribution in [3.8, 4) is 0 Å². The fourth-order valence-corrected chi connectivity index (χ4v) is 3.61. The molecule has 1 aromatic rings. The lowest BCUT2D eigenvalue weighted by Gasteiger charge is -2.35. The van der Waals surface area contributed by atoms with Crippen LogP contribution in [0.3, 0.4) is 0 Å². The summed E-state index contributed by atoms with van der Waals surface area (Å²) in [6.07, 6.45) is 3.03. The Morgan fingerprint density at radius 2 is 2.07 bits per heavy atom. The van der Waals surface area contributed by atoms with Crippen LogP contribution in [0.4, 0.5) is 4.79 Å². The van der Waals surface area contributed by atoms with Crippen molar-refractivity contribution in [1.29, 1.82) is 0 Å². The number of carbonyl (C=O) groups excluding carboxylic acids is 1. The molecule has 0 radical (unpaired) electrons. The predicted molar refractivity (Wildman–Crippen MR) is 102 cm³/mol. The van der Waals surface area contributed by atoms with Crippen LogP contribution >= 0.6 is 0 Å². The summed E-state index contributed by atoms with van der Waals surface area (Å²) in [5, 5.41) is 12.1. The van der Waals surface area contributed by atoms with Crippen molar-refractivity contribution in [1.82, 2.24) is 15.1 Å². The molecular formula is C20H29N3O4. The van der Waals surface area contributed by atoms with Crippen LogP contribution in [0, 0.1) is 5.92 Å². The first-order valence-corrected chi connectivity index (χ1v) is 9.62. The molecule has 2 amide bonds.